The molecule has 2 heterocycles. The number of nitro groups is 1. The summed E-state index contributed by atoms with van der Waals surface area (Å²) in [6.07, 6.45) is 4.52. The molecule has 1 unspecified atom stereocenters. The van der Waals surface area contributed by atoms with Crippen molar-refractivity contribution in [2.75, 3.05) is 23.8 Å². The molecule has 0 spiro atoms. The fraction of sp³-hybridized carbons (Fsp3) is 0.615. The zero-order valence-corrected chi connectivity index (χ0v) is 11.4. The summed E-state index contributed by atoms with van der Waals surface area (Å²) in [5.74, 6) is 1.26. The number of nitrogens with one attached hydrogen (secondary N) is 1. The van der Waals surface area contributed by atoms with Crippen LogP contribution in [-0.2, 0) is 0 Å². The predicted molar refractivity (Wildman–Crippen MR) is 75.7 cm³/mol. The molecule has 1 aliphatic heterocycles. The van der Waals surface area contributed by atoms with E-state index in [1.54, 1.807) is 13.1 Å². The monoisotopic (exact) mass is 264 g/mol. The minimum absolute atomic E-state index is 0.0924. The fourth-order valence-electron chi connectivity index (χ4n) is 2.61. The van der Waals surface area contributed by atoms with Gasteiger partial charge in [0.2, 0.25) is 0 Å². The maximum atomic E-state index is 11.0. The van der Waals surface area contributed by atoms with Crippen molar-refractivity contribution in [3.05, 3.63) is 22.2 Å². The van der Waals surface area contributed by atoms with Crippen molar-refractivity contribution in [2.45, 2.75) is 38.6 Å². The maximum Gasteiger partial charge on any atom is 0.276 e. The summed E-state index contributed by atoms with van der Waals surface area (Å²) in [6.45, 7) is 3.08. The molecule has 104 valence electrons. The predicted octanol–water partition coefficient (Wildman–Crippen LogP) is 2.80. The van der Waals surface area contributed by atoms with Crippen LogP contribution in [0.25, 0.3) is 0 Å². The minimum atomic E-state index is -0.364. The Morgan fingerprint density at radius 2 is 2.32 bits per heavy atom. The second kappa shape index (κ2) is 5.86. The molecule has 19 heavy (non-hydrogen) atoms. The molecule has 2 rings (SSSR count). The van der Waals surface area contributed by atoms with Crippen LogP contribution >= 0.6 is 0 Å². The highest BCUT2D eigenvalue weighted by molar-refractivity contribution is 5.56. The highest BCUT2D eigenvalue weighted by Crippen LogP contribution is 2.29. The Hall–Kier alpha value is -1.85. The molecular weight excluding hydrogens is 244 g/mol. The van der Waals surface area contributed by atoms with E-state index in [0.29, 0.717) is 17.7 Å². The highest BCUT2D eigenvalue weighted by atomic mass is 16.6. The first-order valence-corrected chi connectivity index (χ1v) is 6.76. The number of rotatable bonds is 4. The topological polar surface area (TPSA) is 71.3 Å². The molecule has 0 aromatic carbocycles. The van der Waals surface area contributed by atoms with Gasteiger partial charge in [0.15, 0.2) is 0 Å². The van der Waals surface area contributed by atoms with Crippen molar-refractivity contribution in [1.29, 1.82) is 0 Å². The first-order chi connectivity index (χ1) is 9.15. The van der Waals surface area contributed by atoms with Crippen molar-refractivity contribution in [3.63, 3.8) is 0 Å². The molecule has 0 saturated carbocycles. The molecule has 1 saturated heterocycles. The molecular formula is C13H20N4O2. The molecule has 1 aromatic rings. The summed E-state index contributed by atoms with van der Waals surface area (Å²) >= 11 is 0. The van der Waals surface area contributed by atoms with Gasteiger partial charge in [0.05, 0.1) is 17.1 Å². The van der Waals surface area contributed by atoms with Crippen molar-refractivity contribution < 1.29 is 4.92 Å². The van der Waals surface area contributed by atoms with Crippen LogP contribution in [0.2, 0.25) is 0 Å². The van der Waals surface area contributed by atoms with Crippen molar-refractivity contribution in [3.8, 4) is 0 Å². The van der Waals surface area contributed by atoms with Crippen LogP contribution in [0.5, 0.6) is 0 Å². The number of nitrogens with zero attached hydrogens (tertiary/aromatic N) is 3. The third-order valence-corrected chi connectivity index (χ3v) is 3.66. The van der Waals surface area contributed by atoms with Crippen LogP contribution in [-0.4, -0.2) is 29.5 Å². The molecule has 0 radical (unpaired) electrons. The van der Waals surface area contributed by atoms with Gasteiger partial charge in [0.25, 0.3) is 5.69 Å². The summed E-state index contributed by atoms with van der Waals surface area (Å²) in [7, 11) is 1.73. The lowest BCUT2D eigenvalue weighted by Crippen LogP contribution is -2.39. The zero-order valence-electron chi connectivity index (χ0n) is 11.4. The number of aromatic nitrogens is 1. The van der Waals surface area contributed by atoms with Crippen LogP contribution in [0.3, 0.4) is 0 Å². The van der Waals surface area contributed by atoms with Gasteiger partial charge < -0.3 is 10.2 Å². The Labute approximate surface area is 113 Å². The average Bonchev–Trinajstić information content (AvgIpc) is 2.46. The van der Waals surface area contributed by atoms with Crippen molar-refractivity contribution in [2.24, 2.45) is 0 Å². The Kier molecular flexibility index (Phi) is 4.19. The molecule has 1 N–H and O–H groups in total. The van der Waals surface area contributed by atoms with Gasteiger partial charge in [-0.25, -0.2) is 4.98 Å². The lowest BCUT2D eigenvalue weighted by Gasteiger charge is -2.36. The molecule has 1 aliphatic rings. The minimum Gasteiger partial charge on any atom is -0.373 e. The maximum absolute atomic E-state index is 11.0. The van der Waals surface area contributed by atoms with E-state index in [1.165, 1.54) is 12.5 Å². The van der Waals surface area contributed by atoms with E-state index in [1.807, 2.05) is 0 Å². The second-order valence-corrected chi connectivity index (χ2v) is 4.83. The lowest BCUT2D eigenvalue weighted by atomic mass is 10.00. The lowest BCUT2D eigenvalue weighted by molar-refractivity contribution is -0.384. The summed E-state index contributed by atoms with van der Waals surface area (Å²) in [5.41, 5.74) is 0.0924. The number of hydrogen-bond acceptors (Lipinski definition) is 5. The van der Waals surface area contributed by atoms with Crippen LogP contribution in [0.1, 0.15) is 32.6 Å². The largest absolute Gasteiger partial charge is 0.373 e. The summed E-state index contributed by atoms with van der Waals surface area (Å²) in [4.78, 5) is 17.3. The summed E-state index contributed by atoms with van der Waals surface area (Å²) < 4.78 is 0. The van der Waals surface area contributed by atoms with E-state index < -0.39 is 0 Å². The molecule has 1 fully saturated rings. The van der Waals surface area contributed by atoms with Gasteiger partial charge in [-0.05, 0) is 25.7 Å². The number of pyridine rings is 1. The molecule has 1 aromatic heterocycles. The third-order valence-electron chi connectivity index (χ3n) is 3.66. The zero-order chi connectivity index (χ0) is 13.8. The van der Waals surface area contributed by atoms with Gasteiger partial charge in [0, 0.05) is 19.6 Å². The number of hydrogen-bond donors (Lipinski definition) is 1. The SMILES string of the molecule is CCC1CCCCN1c1cc([N+](=O)[O-])cc(NC)n1. The smallest absolute Gasteiger partial charge is 0.276 e. The van der Waals surface area contributed by atoms with Crippen molar-refractivity contribution >= 4 is 17.3 Å². The van der Waals surface area contributed by atoms with E-state index >= 15 is 0 Å². The van der Waals surface area contributed by atoms with Crippen LogP contribution in [0, 0.1) is 10.1 Å². The fourth-order valence-corrected chi connectivity index (χ4v) is 2.61. The average molecular weight is 264 g/mol. The van der Waals surface area contributed by atoms with Crippen molar-refractivity contribution in [1.82, 2.24) is 4.98 Å². The Morgan fingerprint density at radius 3 is 2.95 bits per heavy atom. The van der Waals surface area contributed by atoms with Gasteiger partial charge >= 0.3 is 0 Å². The molecule has 0 bridgehead atoms. The first kappa shape index (κ1) is 13.6. The van der Waals surface area contributed by atoms with E-state index in [0.717, 1.165) is 25.8 Å². The van der Waals surface area contributed by atoms with Crippen LogP contribution < -0.4 is 10.2 Å². The van der Waals surface area contributed by atoms with Gasteiger partial charge in [-0.2, -0.15) is 0 Å². The Balaban J connectivity index is 2.36. The normalized spacial score (nSPS) is 19.3. The standard InChI is InChI=1S/C13H20N4O2/c1-3-10-6-4-5-7-16(10)13-9-11(17(18)19)8-12(14-2)15-13/h8-10H,3-7H2,1-2H3,(H,14,15). The Morgan fingerprint density at radius 1 is 1.53 bits per heavy atom. The number of anilines is 2. The van der Waals surface area contributed by atoms with Crippen LogP contribution in [0.15, 0.2) is 12.1 Å². The molecule has 1 atom stereocenters. The van der Waals surface area contributed by atoms with Gasteiger partial charge in [-0.15, -0.1) is 0 Å². The highest BCUT2D eigenvalue weighted by Gasteiger charge is 2.24. The molecule has 6 heteroatoms. The molecule has 0 amide bonds. The van der Waals surface area contributed by atoms with Crippen LogP contribution in [0.4, 0.5) is 17.3 Å². The third kappa shape index (κ3) is 2.94. The van der Waals surface area contributed by atoms with E-state index in [2.05, 4.69) is 22.1 Å². The summed E-state index contributed by atoms with van der Waals surface area (Å²) in [6, 6.07) is 3.48. The Bertz CT molecular complexity index is 464. The quantitative estimate of drug-likeness (QED) is 0.668. The van der Waals surface area contributed by atoms with E-state index in [-0.39, 0.29) is 10.6 Å². The van der Waals surface area contributed by atoms with E-state index in [4.69, 9.17) is 0 Å². The molecule has 0 aliphatic carbocycles. The van der Waals surface area contributed by atoms with E-state index in [9.17, 15) is 10.1 Å². The van der Waals surface area contributed by atoms with Gasteiger partial charge in [0.1, 0.15) is 11.6 Å². The van der Waals surface area contributed by atoms with Gasteiger partial charge in [-0.1, -0.05) is 6.92 Å². The molecule has 6 nitrogen and oxygen atoms in total. The number of piperidine rings is 1. The van der Waals surface area contributed by atoms with Gasteiger partial charge in [-0.3, -0.25) is 10.1 Å². The summed E-state index contributed by atoms with van der Waals surface area (Å²) in [5, 5.41) is 13.9. The second-order valence-electron chi connectivity index (χ2n) is 4.83. The first-order valence-electron chi connectivity index (χ1n) is 6.76.